The van der Waals surface area contributed by atoms with E-state index in [2.05, 4.69) is 15.8 Å². The van der Waals surface area contributed by atoms with Gasteiger partial charge in [0.1, 0.15) is 11.6 Å². The van der Waals surface area contributed by atoms with Gasteiger partial charge in [-0.25, -0.2) is 14.8 Å². The molecular formula is C23H16ClF4N5O3. The Bertz CT molecular complexity index is 1400. The lowest BCUT2D eigenvalue weighted by molar-refractivity contribution is -0.142. The number of ether oxygens (including phenoxy) is 1. The molecule has 1 fully saturated rings. The Balaban J connectivity index is 1.65. The lowest BCUT2D eigenvalue weighted by Crippen LogP contribution is -2.54. The summed E-state index contributed by atoms with van der Waals surface area (Å²) in [6.07, 6.45) is -4.10. The van der Waals surface area contributed by atoms with Gasteiger partial charge in [0.25, 0.3) is 5.56 Å². The van der Waals surface area contributed by atoms with Crippen LogP contribution in [0.2, 0.25) is 5.02 Å². The molecule has 13 heteroatoms. The number of nitrogens with one attached hydrogen (secondary N) is 2. The Labute approximate surface area is 206 Å². The Morgan fingerprint density at radius 2 is 1.92 bits per heavy atom. The monoisotopic (exact) mass is 521 g/mol. The highest BCUT2D eigenvalue weighted by Gasteiger charge is 2.39. The molecule has 1 aliphatic rings. The first-order valence-corrected chi connectivity index (χ1v) is 10.8. The zero-order chi connectivity index (χ0) is 26.0. The Morgan fingerprint density at radius 3 is 2.58 bits per heavy atom. The summed E-state index contributed by atoms with van der Waals surface area (Å²) in [7, 11) is 0. The van der Waals surface area contributed by atoms with E-state index in [0.29, 0.717) is 5.56 Å². The predicted molar refractivity (Wildman–Crippen MR) is 119 cm³/mol. The molecule has 2 unspecified atom stereocenters. The van der Waals surface area contributed by atoms with Crippen LogP contribution in [0, 0.1) is 17.1 Å². The van der Waals surface area contributed by atoms with E-state index in [9.17, 15) is 27.2 Å². The molecular weight excluding hydrogens is 506 g/mol. The van der Waals surface area contributed by atoms with Gasteiger partial charge in [-0.3, -0.25) is 19.6 Å². The van der Waals surface area contributed by atoms with Crippen LogP contribution in [0.25, 0.3) is 0 Å². The molecule has 1 aliphatic heterocycles. The summed E-state index contributed by atoms with van der Waals surface area (Å²) in [4.78, 5) is 28.8. The number of alkyl halides is 3. The minimum absolute atomic E-state index is 0.0178. The number of hydrogen-bond acceptors (Lipinski definition) is 6. The van der Waals surface area contributed by atoms with Gasteiger partial charge in [0.15, 0.2) is 5.69 Å². The number of carbonyl (C=O) groups is 1. The summed E-state index contributed by atoms with van der Waals surface area (Å²) < 4.78 is 60.2. The van der Waals surface area contributed by atoms with E-state index in [4.69, 9.17) is 21.6 Å². The molecule has 1 saturated heterocycles. The number of hydrogen-bond donors (Lipinski definition) is 2. The molecule has 2 heterocycles. The quantitative estimate of drug-likeness (QED) is 0.493. The highest BCUT2D eigenvalue weighted by molar-refractivity contribution is 6.30. The average Bonchev–Trinajstić information content (AvgIpc) is 2.82. The molecule has 0 aliphatic carbocycles. The molecule has 0 saturated carbocycles. The largest absolute Gasteiger partial charge is 0.449 e. The maximum atomic E-state index is 13.6. The van der Waals surface area contributed by atoms with Crippen molar-refractivity contribution in [3.63, 3.8) is 0 Å². The van der Waals surface area contributed by atoms with Crippen LogP contribution in [0.4, 0.5) is 17.6 Å². The minimum atomic E-state index is -5.01. The fourth-order valence-electron chi connectivity index (χ4n) is 3.75. The Morgan fingerprint density at radius 1 is 1.19 bits per heavy atom. The van der Waals surface area contributed by atoms with Crippen LogP contribution in [-0.2, 0) is 17.5 Å². The summed E-state index contributed by atoms with van der Waals surface area (Å²) in [6, 6.07) is 10.1. The number of benzene rings is 2. The van der Waals surface area contributed by atoms with Gasteiger partial charge in [-0.2, -0.15) is 18.4 Å². The molecule has 4 rings (SSSR count). The second-order valence-corrected chi connectivity index (χ2v) is 8.37. The highest BCUT2D eigenvalue weighted by atomic mass is 35.5. The highest BCUT2D eigenvalue weighted by Crippen LogP contribution is 2.35. The number of rotatable bonds is 5. The van der Waals surface area contributed by atoms with Crippen molar-refractivity contribution in [3.8, 4) is 17.6 Å². The van der Waals surface area contributed by atoms with Crippen molar-refractivity contribution in [2.75, 3.05) is 0 Å². The van der Waals surface area contributed by atoms with Crippen molar-refractivity contribution in [1.82, 2.24) is 20.4 Å². The van der Waals surface area contributed by atoms with Gasteiger partial charge >= 0.3 is 6.18 Å². The molecule has 3 aromatic rings. The van der Waals surface area contributed by atoms with Crippen molar-refractivity contribution in [3.05, 3.63) is 86.8 Å². The van der Waals surface area contributed by atoms with Crippen LogP contribution in [0.3, 0.4) is 0 Å². The fourth-order valence-corrected chi connectivity index (χ4v) is 3.97. The van der Waals surface area contributed by atoms with Crippen molar-refractivity contribution < 1.29 is 27.1 Å². The lowest BCUT2D eigenvalue weighted by Gasteiger charge is -2.30. The first kappa shape index (κ1) is 25.2. The maximum absolute atomic E-state index is 13.6. The molecule has 0 spiro atoms. The second kappa shape index (κ2) is 9.96. The van der Waals surface area contributed by atoms with E-state index < -0.39 is 41.0 Å². The summed E-state index contributed by atoms with van der Waals surface area (Å²) in [5.74, 6) is -2.87. The summed E-state index contributed by atoms with van der Waals surface area (Å²) in [6.45, 7) is -0.169. The van der Waals surface area contributed by atoms with Crippen LogP contribution in [0.15, 0.2) is 53.6 Å². The Hall–Kier alpha value is -3.95. The molecule has 1 amide bonds. The number of amides is 1. The minimum Gasteiger partial charge on any atom is -0.449 e. The number of aromatic nitrogens is 2. The molecule has 2 atom stereocenters. The van der Waals surface area contributed by atoms with Gasteiger partial charge in [0.05, 0.1) is 23.9 Å². The van der Waals surface area contributed by atoms with Gasteiger partial charge in [-0.15, -0.1) is 0 Å². The topological polar surface area (TPSA) is 109 Å². The normalized spacial score (nSPS) is 17.8. The molecule has 2 aromatic carbocycles. The van der Waals surface area contributed by atoms with Crippen LogP contribution in [0.5, 0.6) is 11.5 Å². The van der Waals surface area contributed by atoms with Gasteiger partial charge in [-0.05, 0) is 42.3 Å². The maximum Gasteiger partial charge on any atom is 0.437 e. The SMILES string of the molecule is N#Cc1cc(Cl)cc(Oc2c(C(F)(F)F)ncn(CC3CC(c4ccc(F)cc4)C(=O)NN3)c2=O)c1. The Kier molecular flexibility index (Phi) is 6.96. The third kappa shape index (κ3) is 5.48. The van der Waals surface area contributed by atoms with Gasteiger partial charge < -0.3 is 4.74 Å². The smallest absolute Gasteiger partial charge is 0.437 e. The summed E-state index contributed by atoms with van der Waals surface area (Å²) in [5, 5.41) is 9.10. The zero-order valence-electron chi connectivity index (χ0n) is 18.1. The third-order valence-electron chi connectivity index (χ3n) is 5.41. The van der Waals surface area contributed by atoms with Crippen LogP contribution in [0.1, 0.15) is 29.2 Å². The van der Waals surface area contributed by atoms with Gasteiger partial charge in [-0.1, -0.05) is 23.7 Å². The lowest BCUT2D eigenvalue weighted by atomic mass is 9.90. The average molecular weight is 522 g/mol. The van der Waals surface area contributed by atoms with E-state index in [-0.39, 0.29) is 35.2 Å². The number of halogens is 5. The number of hydrazine groups is 1. The third-order valence-corrected chi connectivity index (χ3v) is 5.63. The standard InChI is InChI=1S/C23H16ClF4N5O3/c24-14-5-12(9-29)6-17(7-14)36-19-20(23(26,27)28)30-11-33(22(19)35)10-16-8-18(21(34)32-31-16)13-1-3-15(25)4-2-13/h1-7,11,16,18,31H,8,10H2,(H,32,34). The van der Waals surface area contributed by atoms with E-state index in [1.54, 1.807) is 6.07 Å². The van der Waals surface area contributed by atoms with Crippen LogP contribution >= 0.6 is 11.6 Å². The van der Waals surface area contributed by atoms with Crippen molar-refractivity contribution in [2.45, 2.75) is 31.1 Å². The first-order chi connectivity index (χ1) is 17.0. The zero-order valence-corrected chi connectivity index (χ0v) is 18.9. The number of nitrogens with zero attached hydrogens (tertiary/aromatic N) is 3. The fraction of sp³-hybridized carbons (Fsp3) is 0.217. The van der Waals surface area contributed by atoms with E-state index >= 15 is 0 Å². The molecule has 0 radical (unpaired) electrons. The molecule has 0 bridgehead atoms. The number of carbonyl (C=O) groups excluding carboxylic acids is 1. The molecule has 186 valence electrons. The molecule has 2 N–H and O–H groups in total. The summed E-state index contributed by atoms with van der Waals surface area (Å²) >= 11 is 5.89. The van der Waals surface area contributed by atoms with Gasteiger partial charge in [0.2, 0.25) is 11.7 Å². The summed E-state index contributed by atoms with van der Waals surface area (Å²) in [5.41, 5.74) is 3.06. The first-order valence-electron chi connectivity index (χ1n) is 10.4. The second-order valence-electron chi connectivity index (χ2n) is 7.94. The van der Waals surface area contributed by atoms with E-state index in [1.165, 1.54) is 30.3 Å². The molecule has 36 heavy (non-hydrogen) atoms. The van der Waals surface area contributed by atoms with Crippen molar-refractivity contribution >= 4 is 17.5 Å². The molecule has 1 aromatic heterocycles. The van der Waals surface area contributed by atoms with E-state index in [1.807, 2.05) is 0 Å². The molecule has 8 nitrogen and oxygen atoms in total. The van der Waals surface area contributed by atoms with Crippen molar-refractivity contribution in [2.24, 2.45) is 0 Å². The van der Waals surface area contributed by atoms with E-state index in [0.717, 1.165) is 23.0 Å². The van der Waals surface area contributed by atoms with Crippen LogP contribution < -0.4 is 21.1 Å². The van der Waals surface area contributed by atoms with Crippen molar-refractivity contribution in [1.29, 1.82) is 5.26 Å². The predicted octanol–water partition coefficient (Wildman–Crippen LogP) is 3.90. The van der Waals surface area contributed by atoms with Crippen LogP contribution in [-0.4, -0.2) is 21.5 Å². The number of nitriles is 1. The van der Waals surface area contributed by atoms with Gasteiger partial charge in [0, 0.05) is 17.6 Å².